The molecule has 0 bridgehead atoms. The zero-order valence-corrected chi connectivity index (χ0v) is 15.7. The Morgan fingerprint density at radius 1 is 1.24 bits per heavy atom. The Labute approximate surface area is 154 Å². The lowest BCUT2D eigenvalue weighted by Crippen LogP contribution is -2.31. The molecule has 0 saturated heterocycles. The van der Waals surface area contributed by atoms with Crippen LogP contribution in [0.1, 0.15) is 30.5 Å². The first kappa shape index (κ1) is 19.1. The van der Waals surface area contributed by atoms with E-state index in [0.29, 0.717) is 11.3 Å². The lowest BCUT2D eigenvalue weighted by molar-refractivity contribution is -0.384. The van der Waals surface area contributed by atoms with Crippen LogP contribution in [0.25, 0.3) is 0 Å². The van der Waals surface area contributed by atoms with Gasteiger partial charge < -0.3 is 10.6 Å². The Kier molecular flexibility index (Phi) is 6.66. The second kappa shape index (κ2) is 8.73. The summed E-state index contributed by atoms with van der Waals surface area (Å²) in [5, 5.41) is 16.8. The maximum absolute atomic E-state index is 12.2. The summed E-state index contributed by atoms with van der Waals surface area (Å²) in [7, 11) is 0. The Bertz CT molecular complexity index is 763. The molecule has 0 aliphatic rings. The van der Waals surface area contributed by atoms with Gasteiger partial charge in [-0.2, -0.15) is 0 Å². The average Bonchev–Trinajstić information content (AvgIpc) is 2.58. The number of carbonyl (C=O) groups excluding carboxylic acids is 1. The van der Waals surface area contributed by atoms with Gasteiger partial charge in [-0.1, -0.05) is 35.0 Å². The number of carbonyl (C=O) groups is 1. The van der Waals surface area contributed by atoms with E-state index in [2.05, 4.69) is 33.5 Å². The molecule has 0 spiro atoms. The molecule has 0 radical (unpaired) electrons. The van der Waals surface area contributed by atoms with Crippen LogP contribution >= 0.6 is 15.9 Å². The Balaban J connectivity index is 1.95. The summed E-state index contributed by atoms with van der Waals surface area (Å²) in [4.78, 5) is 22.5. The SMILES string of the molecule is CC[C@@H](NCC(=O)Nc1ccc([N+](=O)[O-])cc1C)c1ccc(Br)cc1. The van der Waals surface area contributed by atoms with Crippen molar-refractivity contribution in [3.8, 4) is 0 Å². The quantitative estimate of drug-likeness (QED) is 0.529. The lowest BCUT2D eigenvalue weighted by atomic mass is 10.0. The minimum absolute atomic E-state index is 0.00918. The van der Waals surface area contributed by atoms with E-state index in [1.165, 1.54) is 12.1 Å². The number of non-ortho nitro benzene ring substituents is 1. The molecule has 7 heteroatoms. The van der Waals surface area contributed by atoms with Crippen LogP contribution in [0.2, 0.25) is 0 Å². The van der Waals surface area contributed by atoms with Gasteiger partial charge in [-0.05, 0) is 42.7 Å². The molecule has 1 atom stereocenters. The fourth-order valence-electron chi connectivity index (χ4n) is 2.50. The molecule has 2 rings (SSSR count). The number of nitro benzene ring substituents is 1. The van der Waals surface area contributed by atoms with E-state index in [-0.39, 0.29) is 24.2 Å². The summed E-state index contributed by atoms with van der Waals surface area (Å²) in [6.45, 7) is 3.94. The summed E-state index contributed by atoms with van der Waals surface area (Å²) >= 11 is 3.41. The van der Waals surface area contributed by atoms with Gasteiger partial charge in [0, 0.05) is 28.3 Å². The summed E-state index contributed by atoms with van der Waals surface area (Å²) < 4.78 is 1.01. The molecule has 6 nitrogen and oxygen atoms in total. The van der Waals surface area contributed by atoms with Crippen LogP contribution in [-0.4, -0.2) is 17.4 Å². The van der Waals surface area contributed by atoms with E-state index in [0.717, 1.165) is 16.5 Å². The van der Waals surface area contributed by atoms with E-state index in [1.54, 1.807) is 13.0 Å². The summed E-state index contributed by atoms with van der Waals surface area (Å²) in [5.41, 5.74) is 2.36. The van der Waals surface area contributed by atoms with Crippen molar-refractivity contribution >= 4 is 33.2 Å². The molecule has 2 aromatic rings. The molecule has 2 aromatic carbocycles. The monoisotopic (exact) mass is 405 g/mol. The Morgan fingerprint density at radius 3 is 2.48 bits per heavy atom. The van der Waals surface area contributed by atoms with Crippen molar-refractivity contribution in [1.82, 2.24) is 5.32 Å². The van der Waals surface area contributed by atoms with Gasteiger partial charge >= 0.3 is 0 Å². The Morgan fingerprint density at radius 2 is 1.92 bits per heavy atom. The first-order valence-electron chi connectivity index (χ1n) is 7.94. The number of nitro groups is 1. The highest BCUT2D eigenvalue weighted by atomic mass is 79.9. The zero-order valence-electron chi connectivity index (χ0n) is 14.1. The van der Waals surface area contributed by atoms with Crippen molar-refractivity contribution in [2.24, 2.45) is 0 Å². The van der Waals surface area contributed by atoms with E-state index in [4.69, 9.17) is 0 Å². The normalized spacial score (nSPS) is 11.8. The smallest absolute Gasteiger partial charge is 0.269 e. The highest BCUT2D eigenvalue weighted by molar-refractivity contribution is 9.10. The molecule has 1 amide bonds. The number of rotatable bonds is 7. The van der Waals surface area contributed by atoms with Gasteiger partial charge in [0.2, 0.25) is 5.91 Å². The first-order valence-corrected chi connectivity index (χ1v) is 8.73. The van der Waals surface area contributed by atoms with Crippen LogP contribution in [0.4, 0.5) is 11.4 Å². The number of anilines is 1. The van der Waals surface area contributed by atoms with Crippen LogP contribution in [0, 0.1) is 17.0 Å². The maximum atomic E-state index is 12.2. The molecular weight excluding hydrogens is 386 g/mol. The molecule has 0 unspecified atom stereocenters. The number of halogens is 1. The Hall–Kier alpha value is -2.25. The number of hydrogen-bond donors (Lipinski definition) is 2. The van der Waals surface area contributed by atoms with Gasteiger partial charge in [0.25, 0.3) is 5.69 Å². The van der Waals surface area contributed by atoms with E-state index < -0.39 is 4.92 Å². The van der Waals surface area contributed by atoms with Gasteiger partial charge in [-0.3, -0.25) is 14.9 Å². The summed E-state index contributed by atoms with van der Waals surface area (Å²) in [5.74, 6) is -0.187. The maximum Gasteiger partial charge on any atom is 0.269 e. The van der Waals surface area contributed by atoms with Crippen molar-refractivity contribution in [3.05, 3.63) is 68.2 Å². The number of benzene rings is 2. The second-order valence-corrected chi connectivity index (χ2v) is 6.61. The molecule has 0 aromatic heterocycles. The molecule has 132 valence electrons. The van der Waals surface area contributed by atoms with Crippen LogP contribution in [0.5, 0.6) is 0 Å². The van der Waals surface area contributed by atoms with Crippen LogP contribution < -0.4 is 10.6 Å². The third-order valence-electron chi connectivity index (χ3n) is 3.88. The van der Waals surface area contributed by atoms with Crippen LogP contribution in [0.15, 0.2) is 46.9 Å². The summed E-state index contributed by atoms with van der Waals surface area (Å²) in [6.07, 6.45) is 0.853. The minimum Gasteiger partial charge on any atom is -0.325 e. The van der Waals surface area contributed by atoms with Gasteiger partial charge in [0.15, 0.2) is 0 Å². The first-order chi connectivity index (χ1) is 11.9. The van der Waals surface area contributed by atoms with Gasteiger partial charge in [-0.25, -0.2) is 0 Å². The zero-order chi connectivity index (χ0) is 18.4. The van der Waals surface area contributed by atoms with Gasteiger partial charge in [0.1, 0.15) is 0 Å². The predicted octanol–water partition coefficient (Wildman–Crippen LogP) is 4.35. The largest absolute Gasteiger partial charge is 0.325 e. The molecule has 0 heterocycles. The third-order valence-corrected chi connectivity index (χ3v) is 4.41. The molecule has 0 fully saturated rings. The number of amides is 1. The number of hydrogen-bond acceptors (Lipinski definition) is 4. The van der Waals surface area contributed by atoms with Gasteiger partial charge in [-0.15, -0.1) is 0 Å². The molecule has 2 N–H and O–H groups in total. The van der Waals surface area contributed by atoms with Crippen molar-refractivity contribution in [2.45, 2.75) is 26.3 Å². The molecule has 25 heavy (non-hydrogen) atoms. The van der Waals surface area contributed by atoms with Crippen molar-refractivity contribution < 1.29 is 9.72 Å². The van der Waals surface area contributed by atoms with E-state index in [9.17, 15) is 14.9 Å². The van der Waals surface area contributed by atoms with Crippen LogP contribution in [0.3, 0.4) is 0 Å². The fourth-order valence-corrected chi connectivity index (χ4v) is 2.77. The molecule has 0 aliphatic heterocycles. The summed E-state index contributed by atoms with van der Waals surface area (Å²) in [6, 6.07) is 12.4. The number of nitrogens with one attached hydrogen (secondary N) is 2. The standard InChI is InChI=1S/C18H20BrN3O3/c1-3-16(13-4-6-14(19)7-5-13)20-11-18(23)21-17-9-8-15(22(24)25)10-12(17)2/h4-10,16,20H,3,11H2,1-2H3,(H,21,23)/t16-/m1/s1. The molecular formula is C18H20BrN3O3. The molecule has 0 saturated carbocycles. The number of nitrogens with zero attached hydrogens (tertiary/aromatic N) is 1. The third kappa shape index (κ3) is 5.37. The number of aryl methyl sites for hydroxylation is 1. The average molecular weight is 406 g/mol. The van der Waals surface area contributed by atoms with Crippen molar-refractivity contribution in [2.75, 3.05) is 11.9 Å². The van der Waals surface area contributed by atoms with Crippen LogP contribution in [-0.2, 0) is 4.79 Å². The van der Waals surface area contributed by atoms with Gasteiger partial charge in [0.05, 0.1) is 11.5 Å². The second-order valence-electron chi connectivity index (χ2n) is 5.70. The van der Waals surface area contributed by atoms with Crippen molar-refractivity contribution in [1.29, 1.82) is 0 Å². The van der Waals surface area contributed by atoms with E-state index in [1.807, 2.05) is 24.3 Å². The van der Waals surface area contributed by atoms with Crippen molar-refractivity contribution in [3.63, 3.8) is 0 Å². The fraction of sp³-hybridized carbons (Fsp3) is 0.278. The highest BCUT2D eigenvalue weighted by Gasteiger charge is 2.13. The predicted molar refractivity (Wildman–Crippen MR) is 102 cm³/mol. The molecule has 0 aliphatic carbocycles. The minimum atomic E-state index is -0.454. The lowest BCUT2D eigenvalue weighted by Gasteiger charge is -2.17. The highest BCUT2D eigenvalue weighted by Crippen LogP contribution is 2.22. The van der Waals surface area contributed by atoms with E-state index >= 15 is 0 Å². The topological polar surface area (TPSA) is 84.3 Å².